The van der Waals surface area contributed by atoms with E-state index in [1.165, 1.54) is 22.2 Å². The van der Waals surface area contributed by atoms with Crippen molar-refractivity contribution in [2.45, 2.75) is 33.7 Å². The summed E-state index contributed by atoms with van der Waals surface area (Å²) in [5, 5.41) is 3.30. The molecule has 0 saturated carbocycles. The van der Waals surface area contributed by atoms with Gasteiger partial charge in [0.2, 0.25) is 0 Å². The molecule has 1 atom stereocenters. The third-order valence-corrected chi connectivity index (χ3v) is 6.77. The second-order valence-corrected chi connectivity index (χ2v) is 8.87. The zero-order chi connectivity index (χ0) is 23.0. The predicted octanol–water partition coefficient (Wildman–Crippen LogP) is 5.08. The molecular weight excluding hydrogens is 422 g/mol. The Hall–Kier alpha value is -3.58. The summed E-state index contributed by atoms with van der Waals surface area (Å²) < 4.78 is 1.34. The van der Waals surface area contributed by atoms with E-state index in [2.05, 4.69) is 10.3 Å². The van der Waals surface area contributed by atoms with Gasteiger partial charge in [0.05, 0.1) is 22.6 Å². The van der Waals surface area contributed by atoms with E-state index in [-0.39, 0.29) is 17.2 Å². The Morgan fingerprint density at radius 1 is 1.06 bits per heavy atom. The summed E-state index contributed by atoms with van der Waals surface area (Å²) in [7, 11) is 0. The molecule has 162 valence electrons. The van der Waals surface area contributed by atoms with Crippen molar-refractivity contribution in [1.82, 2.24) is 9.55 Å². The van der Waals surface area contributed by atoms with E-state index in [4.69, 9.17) is 0 Å². The number of carbonyl (C=O) groups excluding carboxylic acids is 2. The van der Waals surface area contributed by atoms with E-state index in [1.54, 1.807) is 38.1 Å². The summed E-state index contributed by atoms with van der Waals surface area (Å²) in [6, 6.07) is 13.9. The maximum atomic E-state index is 13.3. The molecule has 2 aromatic carbocycles. The van der Waals surface area contributed by atoms with Gasteiger partial charge in [0.1, 0.15) is 4.83 Å². The molecule has 4 aromatic rings. The summed E-state index contributed by atoms with van der Waals surface area (Å²) in [4.78, 5) is 44.4. The van der Waals surface area contributed by atoms with Crippen molar-refractivity contribution in [3.05, 3.63) is 92.3 Å². The smallest absolute Gasteiger partial charge is 0.266 e. The summed E-state index contributed by atoms with van der Waals surface area (Å²) in [5.41, 5.74) is 3.57. The highest BCUT2D eigenvalue weighted by atomic mass is 32.1. The van der Waals surface area contributed by atoms with Crippen LogP contribution >= 0.6 is 11.3 Å². The zero-order valence-corrected chi connectivity index (χ0v) is 19.1. The zero-order valence-electron chi connectivity index (χ0n) is 18.3. The van der Waals surface area contributed by atoms with Gasteiger partial charge in [0, 0.05) is 11.3 Å². The number of benzene rings is 2. The lowest BCUT2D eigenvalue weighted by Crippen LogP contribution is -2.28. The highest BCUT2D eigenvalue weighted by Gasteiger charge is 2.23. The number of hydrogen-bond donors (Lipinski definition) is 1. The van der Waals surface area contributed by atoms with E-state index < -0.39 is 6.04 Å². The van der Waals surface area contributed by atoms with E-state index in [0.717, 1.165) is 16.8 Å². The normalized spacial score (nSPS) is 12.0. The van der Waals surface area contributed by atoms with E-state index in [9.17, 15) is 14.4 Å². The number of aryl methyl sites for hydroxylation is 3. The van der Waals surface area contributed by atoms with Crippen molar-refractivity contribution in [1.29, 1.82) is 0 Å². The van der Waals surface area contributed by atoms with Crippen LogP contribution in [0.1, 0.15) is 49.7 Å². The maximum absolute atomic E-state index is 13.3. The molecule has 0 aliphatic rings. The maximum Gasteiger partial charge on any atom is 0.266 e. The molecule has 4 rings (SSSR count). The molecular formula is C25H23N3O3S. The Kier molecular flexibility index (Phi) is 5.76. The van der Waals surface area contributed by atoms with Crippen LogP contribution in [0, 0.1) is 20.8 Å². The van der Waals surface area contributed by atoms with Crippen molar-refractivity contribution in [3.8, 4) is 0 Å². The SMILES string of the molecule is Cc1ccc(NC(=O)c2sc3ncn([C@@H](C)C(=O)c4ccccc4)c(=O)c3c2C)c(C)c1. The molecule has 2 heterocycles. The van der Waals surface area contributed by atoms with Crippen LogP contribution in [0.2, 0.25) is 0 Å². The molecule has 0 fully saturated rings. The lowest BCUT2D eigenvalue weighted by molar-refractivity contribution is 0.0932. The first-order chi connectivity index (χ1) is 15.3. The summed E-state index contributed by atoms with van der Waals surface area (Å²) in [5.74, 6) is -0.452. The van der Waals surface area contributed by atoms with Crippen LogP contribution in [0.15, 0.2) is 59.7 Å². The number of amides is 1. The summed E-state index contributed by atoms with van der Waals surface area (Å²) in [6.07, 6.45) is 1.39. The lowest BCUT2D eigenvalue weighted by Gasteiger charge is -2.13. The molecule has 7 heteroatoms. The van der Waals surface area contributed by atoms with Crippen LogP contribution in [0.25, 0.3) is 10.2 Å². The quantitative estimate of drug-likeness (QED) is 0.435. The average molecular weight is 446 g/mol. The molecule has 1 amide bonds. The van der Waals surface area contributed by atoms with Crippen molar-refractivity contribution in [2.24, 2.45) is 0 Å². The molecule has 0 radical (unpaired) electrons. The number of fused-ring (bicyclic) bond motifs is 1. The molecule has 0 spiro atoms. The van der Waals surface area contributed by atoms with Crippen LogP contribution in [-0.4, -0.2) is 21.2 Å². The second-order valence-electron chi connectivity index (χ2n) is 7.87. The minimum atomic E-state index is -0.714. The van der Waals surface area contributed by atoms with Gasteiger partial charge in [-0.1, -0.05) is 48.0 Å². The highest BCUT2D eigenvalue weighted by Crippen LogP contribution is 2.29. The second kappa shape index (κ2) is 8.51. The topological polar surface area (TPSA) is 81.1 Å². The molecule has 0 aliphatic carbocycles. The standard InChI is InChI=1S/C25H23N3O3S/c1-14-10-11-19(15(2)12-14)27-23(30)22-16(3)20-24(32-22)26-13-28(25(20)31)17(4)21(29)18-8-6-5-7-9-18/h5-13,17H,1-4H3,(H,27,30)/t17-/m0/s1. The van der Waals surface area contributed by atoms with E-state index in [0.29, 0.717) is 26.2 Å². The van der Waals surface area contributed by atoms with Gasteiger partial charge in [0.25, 0.3) is 11.5 Å². The number of nitrogens with one attached hydrogen (secondary N) is 1. The monoisotopic (exact) mass is 445 g/mol. The van der Waals surface area contributed by atoms with Gasteiger partial charge in [-0.05, 0) is 44.9 Å². The number of nitrogens with zero attached hydrogens (tertiary/aromatic N) is 2. The summed E-state index contributed by atoms with van der Waals surface area (Å²) in [6.45, 7) is 7.35. The average Bonchev–Trinajstić information content (AvgIpc) is 3.13. The fraction of sp³-hybridized carbons (Fsp3) is 0.200. The molecule has 0 unspecified atom stereocenters. The fourth-order valence-electron chi connectivity index (χ4n) is 3.73. The Balaban J connectivity index is 1.70. The first-order valence-corrected chi connectivity index (χ1v) is 11.1. The van der Waals surface area contributed by atoms with Gasteiger partial charge in [-0.15, -0.1) is 11.3 Å². The number of thiophene rings is 1. The minimum absolute atomic E-state index is 0.172. The van der Waals surface area contributed by atoms with Crippen molar-refractivity contribution >= 4 is 38.9 Å². The Labute approximate surface area is 189 Å². The Bertz CT molecular complexity index is 1400. The molecule has 32 heavy (non-hydrogen) atoms. The van der Waals surface area contributed by atoms with Crippen molar-refractivity contribution < 1.29 is 9.59 Å². The predicted molar refractivity (Wildman–Crippen MR) is 128 cm³/mol. The largest absolute Gasteiger partial charge is 0.321 e. The van der Waals surface area contributed by atoms with Crippen LogP contribution in [-0.2, 0) is 0 Å². The molecule has 6 nitrogen and oxygen atoms in total. The highest BCUT2D eigenvalue weighted by molar-refractivity contribution is 7.20. The third kappa shape index (κ3) is 3.87. The number of aromatic nitrogens is 2. The van der Waals surface area contributed by atoms with Crippen LogP contribution in [0.4, 0.5) is 5.69 Å². The van der Waals surface area contributed by atoms with Gasteiger partial charge >= 0.3 is 0 Å². The van der Waals surface area contributed by atoms with Gasteiger partial charge in [0.15, 0.2) is 5.78 Å². The number of anilines is 1. The molecule has 0 aliphatic heterocycles. The third-order valence-electron chi connectivity index (χ3n) is 5.57. The number of ketones is 1. The number of hydrogen-bond acceptors (Lipinski definition) is 5. The van der Waals surface area contributed by atoms with Crippen LogP contribution in [0.3, 0.4) is 0 Å². The van der Waals surface area contributed by atoms with Crippen LogP contribution in [0.5, 0.6) is 0 Å². The van der Waals surface area contributed by atoms with E-state index in [1.807, 2.05) is 38.1 Å². The number of rotatable bonds is 5. The first kappa shape index (κ1) is 21.6. The fourth-order valence-corrected chi connectivity index (χ4v) is 4.77. The van der Waals surface area contributed by atoms with Gasteiger partial charge in [-0.3, -0.25) is 19.0 Å². The molecule has 1 N–H and O–H groups in total. The van der Waals surface area contributed by atoms with Gasteiger partial charge in [-0.2, -0.15) is 0 Å². The van der Waals surface area contributed by atoms with E-state index >= 15 is 0 Å². The molecule has 2 aromatic heterocycles. The lowest BCUT2D eigenvalue weighted by atomic mass is 10.1. The van der Waals surface area contributed by atoms with Crippen LogP contribution < -0.4 is 10.9 Å². The Morgan fingerprint density at radius 2 is 1.78 bits per heavy atom. The minimum Gasteiger partial charge on any atom is -0.321 e. The Morgan fingerprint density at radius 3 is 2.47 bits per heavy atom. The number of Topliss-reactive ketones (excluding diaryl/α,β-unsaturated/α-hetero) is 1. The molecule has 0 saturated heterocycles. The molecule has 0 bridgehead atoms. The van der Waals surface area contributed by atoms with Crippen molar-refractivity contribution in [2.75, 3.05) is 5.32 Å². The van der Waals surface area contributed by atoms with Gasteiger partial charge < -0.3 is 5.32 Å². The number of carbonyl (C=O) groups is 2. The van der Waals surface area contributed by atoms with Gasteiger partial charge in [-0.25, -0.2) is 4.98 Å². The van der Waals surface area contributed by atoms with Crippen molar-refractivity contribution in [3.63, 3.8) is 0 Å². The summed E-state index contributed by atoms with van der Waals surface area (Å²) >= 11 is 1.18. The first-order valence-electron chi connectivity index (χ1n) is 10.3.